The van der Waals surface area contributed by atoms with Crippen LogP contribution < -0.4 is 10.6 Å². The lowest BCUT2D eigenvalue weighted by Gasteiger charge is -2.36. The number of piperazine rings is 1. The zero-order valence-electron chi connectivity index (χ0n) is 14.5. The Hall–Kier alpha value is -1.31. The van der Waals surface area contributed by atoms with Gasteiger partial charge in [0.05, 0.1) is 5.92 Å². The Morgan fingerprint density at radius 1 is 1.27 bits per heavy atom. The predicted molar refractivity (Wildman–Crippen MR) is 96.7 cm³/mol. The second-order valence-electron chi connectivity index (χ2n) is 6.73. The summed E-state index contributed by atoms with van der Waals surface area (Å²) in [5.41, 5.74) is 2.08. The maximum Gasteiger partial charge on any atom is 0.405 e. The minimum absolute atomic E-state index is 0. The zero-order chi connectivity index (χ0) is 17.9. The molecule has 0 spiro atoms. The molecule has 0 saturated carbocycles. The van der Waals surface area contributed by atoms with Gasteiger partial charge in [0, 0.05) is 32.7 Å². The normalized spacial score (nSPS) is 22.0. The monoisotopic (exact) mass is 391 g/mol. The summed E-state index contributed by atoms with van der Waals surface area (Å²) in [5, 5.41) is 5.63. The van der Waals surface area contributed by atoms with E-state index in [4.69, 9.17) is 0 Å². The molecule has 1 fully saturated rings. The van der Waals surface area contributed by atoms with Gasteiger partial charge >= 0.3 is 6.18 Å². The van der Waals surface area contributed by atoms with E-state index in [0.717, 1.165) is 24.0 Å². The maximum absolute atomic E-state index is 13.4. The van der Waals surface area contributed by atoms with E-state index in [-0.39, 0.29) is 30.8 Å². The summed E-state index contributed by atoms with van der Waals surface area (Å²) in [6.07, 6.45) is -1.86. The van der Waals surface area contributed by atoms with E-state index in [2.05, 4.69) is 10.6 Å². The second-order valence-corrected chi connectivity index (χ2v) is 6.73. The number of amides is 1. The fourth-order valence-corrected chi connectivity index (χ4v) is 3.79. The molecule has 1 aromatic rings. The zero-order valence-corrected chi connectivity index (χ0v) is 15.3. The third-order valence-electron chi connectivity index (χ3n) is 5.13. The molecular weight excluding hydrogens is 367 g/mol. The highest BCUT2D eigenvalue weighted by Crippen LogP contribution is 2.32. The van der Waals surface area contributed by atoms with E-state index in [1.54, 1.807) is 0 Å². The van der Waals surface area contributed by atoms with Gasteiger partial charge in [-0.25, -0.2) is 0 Å². The quantitative estimate of drug-likeness (QED) is 0.828. The smallest absolute Gasteiger partial charge is 0.354 e. The van der Waals surface area contributed by atoms with Crippen LogP contribution in [0.1, 0.15) is 29.9 Å². The van der Waals surface area contributed by atoms with Crippen molar-refractivity contribution < 1.29 is 18.0 Å². The van der Waals surface area contributed by atoms with E-state index in [0.29, 0.717) is 32.6 Å². The summed E-state index contributed by atoms with van der Waals surface area (Å²) in [6.45, 7) is 1.37. The first kappa shape index (κ1) is 21.0. The maximum atomic E-state index is 13.4. The first-order valence-electron chi connectivity index (χ1n) is 8.84. The van der Waals surface area contributed by atoms with Crippen molar-refractivity contribution in [1.82, 2.24) is 15.5 Å². The van der Waals surface area contributed by atoms with Gasteiger partial charge in [-0.15, -0.1) is 12.4 Å². The number of carbonyl (C=O) groups excluding carboxylic acids is 1. The number of nitrogens with one attached hydrogen (secondary N) is 2. The van der Waals surface area contributed by atoms with Crippen molar-refractivity contribution in [3.63, 3.8) is 0 Å². The van der Waals surface area contributed by atoms with Crippen molar-refractivity contribution in [2.24, 2.45) is 0 Å². The Kier molecular flexibility index (Phi) is 7.32. The Balaban J connectivity index is 0.00000243. The Morgan fingerprint density at radius 3 is 2.65 bits per heavy atom. The molecule has 0 bridgehead atoms. The average molecular weight is 392 g/mol. The van der Waals surface area contributed by atoms with Crippen molar-refractivity contribution in [2.45, 2.75) is 37.4 Å². The van der Waals surface area contributed by atoms with Gasteiger partial charge in [-0.1, -0.05) is 24.3 Å². The first-order valence-corrected chi connectivity index (χ1v) is 8.84. The molecule has 2 N–H and O–H groups in total. The number of alkyl halides is 3. The molecule has 3 rings (SSSR count). The number of rotatable bonds is 4. The van der Waals surface area contributed by atoms with Crippen LogP contribution in [0.5, 0.6) is 0 Å². The van der Waals surface area contributed by atoms with Gasteiger partial charge in [0.2, 0.25) is 5.91 Å². The minimum atomic E-state index is -4.35. The van der Waals surface area contributed by atoms with Crippen LogP contribution in [-0.4, -0.2) is 55.7 Å². The highest BCUT2D eigenvalue weighted by Gasteiger charge is 2.44. The topological polar surface area (TPSA) is 44.4 Å². The molecule has 2 unspecified atom stereocenters. The van der Waals surface area contributed by atoms with E-state index < -0.39 is 12.2 Å². The molecule has 1 aliphatic heterocycles. The molecular formula is C18H25ClF3N3O. The SMILES string of the molecule is Cl.O=C(NCC(N1CCNCC1)C(F)(F)F)C1CCCc2ccccc21. The molecule has 1 aliphatic carbocycles. The Bertz CT molecular complexity index is 606. The van der Waals surface area contributed by atoms with Gasteiger partial charge in [-0.2, -0.15) is 13.2 Å². The lowest BCUT2D eigenvalue weighted by Crippen LogP contribution is -2.57. The van der Waals surface area contributed by atoms with Gasteiger partial charge in [0.1, 0.15) is 6.04 Å². The molecule has 1 saturated heterocycles. The van der Waals surface area contributed by atoms with Crippen LogP contribution in [0.3, 0.4) is 0 Å². The lowest BCUT2D eigenvalue weighted by atomic mass is 9.82. The number of hydrogen-bond donors (Lipinski definition) is 2. The fraction of sp³-hybridized carbons (Fsp3) is 0.611. The van der Waals surface area contributed by atoms with Crippen LogP contribution >= 0.6 is 12.4 Å². The molecule has 146 valence electrons. The second kappa shape index (κ2) is 9.06. The molecule has 1 aromatic carbocycles. The van der Waals surface area contributed by atoms with Crippen LogP contribution in [0, 0.1) is 0 Å². The third-order valence-corrected chi connectivity index (χ3v) is 5.13. The van der Waals surface area contributed by atoms with Crippen molar-refractivity contribution in [3.8, 4) is 0 Å². The minimum Gasteiger partial charge on any atom is -0.354 e. The molecule has 26 heavy (non-hydrogen) atoms. The molecule has 1 amide bonds. The highest BCUT2D eigenvalue weighted by atomic mass is 35.5. The summed E-state index contributed by atoms with van der Waals surface area (Å²) in [6, 6.07) is 6.09. The first-order chi connectivity index (χ1) is 12.0. The van der Waals surface area contributed by atoms with Crippen molar-refractivity contribution >= 4 is 18.3 Å². The van der Waals surface area contributed by atoms with Gasteiger partial charge in [0.15, 0.2) is 0 Å². The molecule has 2 atom stereocenters. The van der Waals surface area contributed by atoms with E-state index >= 15 is 0 Å². The van der Waals surface area contributed by atoms with Crippen LogP contribution in [0.2, 0.25) is 0 Å². The van der Waals surface area contributed by atoms with Crippen molar-refractivity contribution in [1.29, 1.82) is 0 Å². The number of fused-ring (bicyclic) bond motifs is 1. The fourth-order valence-electron chi connectivity index (χ4n) is 3.79. The number of hydrogen-bond acceptors (Lipinski definition) is 3. The number of benzene rings is 1. The number of halogens is 4. The van der Waals surface area contributed by atoms with Crippen molar-refractivity contribution in [3.05, 3.63) is 35.4 Å². The Morgan fingerprint density at radius 2 is 1.96 bits per heavy atom. The van der Waals surface area contributed by atoms with Crippen LogP contribution in [0.15, 0.2) is 24.3 Å². The summed E-state index contributed by atoms with van der Waals surface area (Å²) in [7, 11) is 0. The standard InChI is InChI=1S/C18H24F3N3O.ClH/c19-18(20,21)16(24-10-8-22-9-11-24)12-23-17(25)15-7-3-5-13-4-1-2-6-14(13)15;/h1-2,4,6,15-16,22H,3,5,7-12H2,(H,23,25);1H. The highest BCUT2D eigenvalue weighted by molar-refractivity contribution is 5.85. The van der Waals surface area contributed by atoms with Gasteiger partial charge in [-0.3, -0.25) is 9.69 Å². The summed E-state index contributed by atoms with van der Waals surface area (Å²) >= 11 is 0. The van der Waals surface area contributed by atoms with Crippen molar-refractivity contribution in [2.75, 3.05) is 32.7 Å². The summed E-state index contributed by atoms with van der Waals surface area (Å²) in [5.74, 6) is -0.640. The average Bonchev–Trinajstić information content (AvgIpc) is 2.61. The van der Waals surface area contributed by atoms with Gasteiger partial charge < -0.3 is 10.6 Å². The van der Waals surface area contributed by atoms with E-state index in [9.17, 15) is 18.0 Å². The van der Waals surface area contributed by atoms with E-state index in [1.165, 1.54) is 4.90 Å². The number of nitrogens with zero attached hydrogens (tertiary/aromatic N) is 1. The molecule has 0 aromatic heterocycles. The van der Waals surface area contributed by atoms with Crippen LogP contribution in [-0.2, 0) is 11.2 Å². The third kappa shape index (κ3) is 4.90. The molecule has 1 heterocycles. The van der Waals surface area contributed by atoms with Gasteiger partial charge in [0.25, 0.3) is 0 Å². The van der Waals surface area contributed by atoms with Crippen LogP contribution in [0.25, 0.3) is 0 Å². The number of carbonyl (C=O) groups is 1. The van der Waals surface area contributed by atoms with Gasteiger partial charge in [-0.05, 0) is 30.4 Å². The summed E-state index contributed by atoms with van der Waals surface area (Å²) < 4.78 is 40.3. The lowest BCUT2D eigenvalue weighted by molar-refractivity contribution is -0.184. The summed E-state index contributed by atoms with van der Waals surface area (Å²) in [4.78, 5) is 14.0. The molecule has 2 aliphatic rings. The number of aryl methyl sites for hydroxylation is 1. The molecule has 8 heteroatoms. The predicted octanol–water partition coefficient (Wildman–Crippen LogP) is 2.48. The largest absolute Gasteiger partial charge is 0.405 e. The van der Waals surface area contributed by atoms with Crippen LogP contribution in [0.4, 0.5) is 13.2 Å². The molecule has 0 radical (unpaired) electrons. The van der Waals surface area contributed by atoms with E-state index in [1.807, 2.05) is 24.3 Å². The Labute approximate surface area is 157 Å². The molecule has 4 nitrogen and oxygen atoms in total.